The zero-order chi connectivity index (χ0) is 27.5. The first-order valence-electron chi connectivity index (χ1n) is 13.2. The number of aryl methyl sites for hydroxylation is 2. The molecule has 1 aliphatic heterocycles. The minimum atomic E-state index is -0.343. The van der Waals surface area contributed by atoms with Crippen LogP contribution in [0.3, 0.4) is 0 Å². The fourth-order valence-electron chi connectivity index (χ4n) is 5.45. The molecule has 39 heavy (non-hydrogen) atoms. The van der Waals surface area contributed by atoms with Gasteiger partial charge in [-0.05, 0) is 92.1 Å². The predicted molar refractivity (Wildman–Crippen MR) is 156 cm³/mol. The molecule has 8 heteroatoms. The number of carbonyl (C=O) groups excluding carboxylic acids is 1. The van der Waals surface area contributed by atoms with Crippen LogP contribution in [0.15, 0.2) is 79.0 Å². The van der Waals surface area contributed by atoms with Crippen molar-refractivity contribution in [3.05, 3.63) is 113 Å². The standard InChI is InChI=1S/C31H32FN5OS/c1-4-22-9-5-6-11-27(22)37-20(2)19-25(21(37)3)30-29(26-10-7-8-17-33-26)35-31(39)36(30)18-16-28(38)34-24-14-12-23(32)13-15-24/h5-15,17,19,29-30H,4,16,18H2,1-3H3,(H,34,38)(H,35,39)/t29-,30-/m0/s1. The van der Waals surface area contributed by atoms with Crippen molar-refractivity contribution in [1.82, 2.24) is 19.8 Å². The lowest BCUT2D eigenvalue weighted by Gasteiger charge is -2.28. The summed E-state index contributed by atoms with van der Waals surface area (Å²) in [7, 11) is 0. The van der Waals surface area contributed by atoms with Gasteiger partial charge in [-0.3, -0.25) is 9.78 Å². The third-order valence-electron chi connectivity index (χ3n) is 7.31. The Kier molecular flexibility index (Phi) is 7.74. The summed E-state index contributed by atoms with van der Waals surface area (Å²) >= 11 is 5.81. The molecule has 1 fully saturated rings. The van der Waals surface area contributed by atoms with E-state index < -0.39 is 0 Å². The van der Waals surface area contributed by atoms with Gasteiger partial charge in [-0.15, -0.1) is 0 Å². The molecular weight excluding hydrogens is 509 g/mol. The summed E-state index contributed by atoms with van der Waals surface area (Å²) in [6.07, 6.45) is 2.95. The van der Waals surface area contributed by atoms with Crippen molar-refractivity contribution >= 4 is 28.9 Å². The summed E-state index contributed by atoms with van der Waals surface area (Å²) in [5.41, 5.74) is 7.31. The van der Waals surface area contributed by atoms with Crippen LogP contribution in [0, 0.1) is 19.7 Å². The Bertz CT molecular complexity index is 1480. The molecule has 0 bridgehead atoms. The third kappa shape index (κ3) is 5.43. The molecule has 0 aliphatic carbocycles. The second kappa shape index (κ2) is 11.4. The van der Waals surface area contributed by atoms with Crippen LogP contribution in [0.2, 0.25) is 0 Å². The van der Waals surface area contributed by atoms with E-state index in [0.29, 0.717) is 17.3 Å². The molecule has 2 N–H and O–H groups in total. The van der Waals surface area contributed by atoms with Crippen LogP contribution in [0.5, 0.6) is 0 Å². The van der Waals surface area contributed by atoms with E-state index >= 15 is 0 Å². The van der Waals surface area contributed by atoms with Gasteiger partial charge in [0.15, 0.2) is 5.11 Å². The first-order valence-corrected chi connectivity index (χ1v) is 13.6. The number of hydrogen-bond acceptors (Lipinski definition) is 3. The number of aromatic nitrogens is 2. The van der Waals surface area contributed by atoms with Crippen molar-refractivity contribution in [1.29, 1.82) is 0 Å². The molecule has 4 aromatic rings. The van der Waals surface area contributed by atoms with Gasteiger partial charge in [-0.25, -0.2) is 4.39 Å². The molecule has 2 aromatic heterocycles. The number of benzene rings is 2. The summed E-state index contributed by atoms with van der Waals surface area (Å²) in [5, 5.41) is 6.92. The van der Waals surface area contributed by atoms with Crippen molar-refractivity contribution in [3.8, 4) is 5.69 Å². The van der Waals surface area contributed by atoms with Gasteiger partial charge in [0.2, 0.25) is 5.91 Å². The Morgan fingerprint density at radius 3 is 2.54 bits per heavy atom. The smallest absolute Gasteiger partial charge is 0.226 e. The summed E-state index contributed by atoms with van der Waals surface area (Å²) in [4.78, 5) is 19.6. The van der Waals surface area contributed by atoms with Gasteiger partial charge in [-0.1, -0.05) is 31.2 Å². The molecule has 0 unspecified atom stereocenters. The monoisotopic (exact) mass is 541 g/mol. The molecular formula is C31H32FN5OS. The third-order valence-corrected chi connectivity index (χ3v) is 7.66. The highest BCUT2D eigenvalue weighted by molar-refractivity contribution is 7.80. The van der Waals surface area contributed by atoms with Gasteiger partial charge in [0.25, 0.3) is 0 Å². The number of carbonyl (C=O) groups is 1. The van der Waals surface area contributed by atoms with Gasteiger partial charge in [0.1, 0.15) is 5.82 Å². The number of para-hydroxylation sites is 1. The number of nitrogens with zero attached hydrogens (tertiary/aromatic N) is 3. The lowest BCUT2D eigenvalue weighted by atomic mass is 9.96. The van der Waals surface area contributed by atoms with Crippen LogP contribution >= 0.6 is 12.2 Å². The summed E-state index contributed by atoms with van der Waals surface area (Å²) in [6, 6.07) is 22.0. The van der Waals surface area contributed by atoms with E-state index in [1.54, 1.807) is 18.3 Å². The number of anilines is 1. The van der Waals surface area contributed by atoms with Crippen molar-refractivity contribution in [2.45, 2.75) is 45.7 Å². The number of rotatable bonds is 8. The minimum absolute atomic E-state index is 0.153. The van der Waals surface area contributed by atoms with E-state index in [1.165, 1.54) is 23.4 Å². The zero-order valence-corrected chi connectivity index (χ0v) is 23.1. The second-order valence-corrected chi connectivity index (χ2v) is 10.2. The lowest BCUT2D eigenvalue weighted by molar-refractivity contribution is -0.116. The van der Waals surface area contributed by atoms with Gasteiger partial charge < -0.3 is 20.1 Å². The maximum Gasteiger partial charge on any atom is 0.226 e. The topological polar surface area (TPSA) is 62.2 Å². The Hall–Kier alpha value is -4.04. The molecule has 0 radical (unpaired) electrons. The second-order valence-electron chi connectivity index (χ2n) is 9.77. The van der Waals surface area contributed by atoms with Crippen LogP contribution in [0.4, 0.5) is 10.1 Å². The Morgan fingerprint density at radius 1 is 1.08 bits per heavy atom. The van der Waals surface area contributed by atoms with Crippen molar-refractivity contribution in [2.75, 3.05) is 11.9 Å². The average Bonchev–Trinajstić information content (AvgIpc) is 3.43. The Labute approximate surface area is 233 Å². The highest BCUT2D eigenvalue weighted by atomic mass is 32.1. The zero-order valence-electron chi connectivity index (χ0n) is 22.3. The molecule has 1 saturated heterocycles. The van der Waals surface area contributed by atoms with E-state index in [1.807, 2.05) is 18.2 Å². The molecule has 1 aliphatic rings. The van der Waals surface area contributed by atoms with Gasteiger partial charge >= 0.3 is 0 Å². The van der Waals surface area contributed by atoms with Gasteiger partial charge in [-0.2, -0.15) is 0 Å². The molecule has 1 amide bonds. The number of amides is 1. The van der Waals surface area contributed by atoms with Gasteiger partial charge in [0, 0.05) is 41.9 Å². The van der Waals surface area contributed by atoms with Crippen molar-refractivity contribution < 1.29 is 9.18 Å². The molecule has 0 saturated carbocycles. The molecule has 5 rings (SSSR count). The first kappa shape index (κ1) is 26.6. The van der Waals surface area contributed by atoms with Crippen LogP contribution in [0.1, 0.15) is 53.6 Å². The van der Waals surface area contributed by atoms with Crippen molar-refractivity contribution in [3.63, 3.8) is 0 Å². The number of halogens is 1. The van der Waals surface area contributed by atoms with Crippen LogP contribution < -0.4 is 10.6 Å². The number of pyridine rings is 1. The summed E-state index contributed by atoms with van der Waals surface area (Å²) in [5.74, 6) is -0.504. The quantitative estimate of drug-likeness (QED) is 0.261. The number of thiocarbonyl (C=S) groups is 1. The first-order chi connectivity index (χ1) is 18.9. The molecule has 0 spiro atoms. The molecule has 6 nitrogen and oxygen atoms in total. The number of hydrogen-bond donors (Lipinski definition) is 2. The molecule has 2 atom stereocenters. The van der Waals surface area contributed by atoms with Crippen LogP contribution in [-0.4, -0.2) is 32.0 Å². The lowest BCUT2D eigenvalue weighted by Crippen LogP contribution is -2.32. The van der Waals surface area contributed by atoms with Gasteiger partial charge in [0.05, 0.1) is 17.8 Å². The number of nitrogens with one attached hydrogen (secondary N) is 2. The average molecular weight is 542 g/mol. The SMILES string of the molecule is CCc1ccccc1-n1c(C)cc([C@H]2[C@H](c3ccccn3)NC(=S)N2CCC(=O)Nc2ccc(F)cc2)c1C. The Balaban J connectivity index is 1.48. The maximum absolute atomic E-state index is 13.3. The molecule has 200 valence electrons. The highest BCUT2D eigenvalue weighted by Crippen LogP contribution is 2.41. The Morgan fingerprint density at radius 2 is 1.82 bits per heavy atom. The predicted octanol–water partition coefficient (Wildman–Crippen LogP) is 6.19. The van der Waals surface area contributed by atoms with E-state index in [9.17, 15) is 9.18 Å². The van der Waals surface area contributed by atoms with E-state index in [2.05, 4.69) is 76.2 Å². The molecule has 3 heterocycles. The largest absolute Gasteiger partial charge is 0.352 e. The molecule has 2 aromatic carbocycles. The summed E-state index contributed by atoms with van der Waals surface area (Å²) in [6.45, 7) is 6.86. The summed E-state index contributed by atoms with van der Waals surface area (Å²) < 4.78 is 15.6. The van der Waals surface area contributed by atoms with Crippen LogP contribution in [-0.2, 0) is 11.2 Å². The van der Waals surface area contributed by atoms with Crippen molar-refractivity contribution in [2.24, 2.45) is 0 Å². The normalized spacial score (nSPS) is 16.8. The fourth-order valence-corrected chi connectivity index (χ4v) is 5.78. The minimum Gasteiger partial charge on any atom is -0.352 e. The highest BCUT2D eigenvalue weighted by Gasteiger charge is 2.41. The van der Waals surface area contributed by atoms with E-state index in [0.717, 1.165) is 29.1 Å². The van der Waals surface area contributed by atoms with E-state index in [-0.39, 0.29) is 30.2 Å². The maximum atomic E-state index is 13.3. The van der Waals surface area contributed by atoms with Crippen LogP contribution in [0.25, 0.3) is 5.69 Å². The fraction of sp³-hybridized carbons (Fsp3) is 0.258. The van der Waals surface area contributed by atoms with E-state index in [4.69, 9.17) is 12.2 Å².